The number of amides is 1. The molecule has 0 radical (unpaired) electrons. The Morgan fingerprint density at radius 2 is 1.52 bits per heavy atom. The van der Waals surface area contributed by atoms with Crippen LogP contribution in [0.15, 0.2) is 91.3 Å². The molecule has 4 rings (SSSR count). The number of anilines is 3. The topological polar surface area (TPSA) is 110 Å². The Morgan fingerprint density at radius 1 is 0.839 bits per heavy atom. The van der Waals surface area contributed by atoms with E-state index in [1.807, 2.05) is 36.4 Å². The molecule has 0 aliphatic carbocycles. The molecule has 3 aromatic carbocycles. The van der Waals surface area contributed by atoms with Crippen LogP contribution in [0.25, 0.3) is 11.3 Å². The van der Waals surface area contributed by atoms with Gasteiger partial charge >= 0.3 is 0 Å². The number of hydrogen-bond acceptors (Lipinski definition) is 6. The van der Waals surface area contributed by atoms with E-state index in [0.29, 0.717) is 11.5 Å². The average Bonchev–Trinajstić information content (AvgIpc) is 2.81. The van der Waals surface area contributed by atoms with Gasteiger partial charge in [0, 0.05) is 29.1 Å². The normalized spacial score (nSPS) is 10.3. The Bertz CT molecular complexity index is 1230. The zero-order chi connectivity index (χ0) is 21.6. The molecule has 0 fully saturated rings. The number of hydrogen-bond donors (Lipinski definition) is 2. The highest BCUT2D eigenvalue weighted by molar-refractivity contribution is 6.07. The zero-order valence-electron chi connectivity index (χ0n) is 16.2. The lowest BCUT2D eigenvalue weighted by Gasteiger charge is -2.09. The van der Waals surface area contributed by atoms with Gasteiger partial charge in [-0.25, -0.2) is 9.97 Å². The second-order valence-electron chi connectivity index (χ2n) is 6.59. The lowest BCUT2D eigenvalue weighted by Crippen LogP contribution is -2.13. The molecule has 0 saturated heterocycles. The predicted molar refractivity (Wildman–Crippen MR) is 118 cm³/mol. The Balaban J connectivity index is 1.46. The molecule has 1 amide bonds. The van der Waals surface area contributed by atoms with Gasteiger partial charge in [-0.1, -0.05) is 42.5 Å². The lowest BCUT2D eigenvalue weighted by atomic mass is 10.1. The van der Waals surface area contributed by atoms with Crippen molar-refractivity contribution < 1.29 is 9.72 Å². The summed E-state index contributed by atoms with van der Waals surface area (Å²) in [6.07, 6.45) is 1.49. The first-order valence-corrected chi connectivity index (χ1v) is 9.39. The van der Waals surface area contributed by atoms with Gasteiger partial charge in [-0.2, -0.15) is 0 Å². The van der Waals surface area contributed by atoms with E-state index in [2.05, 4.69) is 20.6 Å². The van der Waals surface area contributed by atoms with Crippen LogP contribution >= 0.6 is 0 Å². The van der Waals surface area contributed by atoms with Crippen molar-refractivity contribution in [2.24, 2.45) is 0 Å². The number of aromatic nitrogens is 2. The van der Waals surface area contributed by atoms with E-state index in [1.165, 1.54) is 24.5 Å². The SMILES string of the molecule is O=C(Nc1ccc(Nc2cc(-c3ccccc3)ncn2)cc1)c1ccccc1[N+](=O)[O-]. The van der Waals surface area contributed by atoms with Crippen LogP contribution in [0.5, 0.6) is 0 Å². The predicted octanol–water partition coefficient (Wildman–Crippen LogP) is 5.05. The standard InChI is InChI=1S/C23H17N5O3/c29-23(19-8-4-5-9-21(19)28(30)31)27-18-12-10-17(11-13-18)26-22-14-20(24-15-25-22)16-6-2-1-3-7-16/h1-15H,(H,27,29)(H,24,25,26). The summed E-state index contributed by atoms with van der Waals surface area (Å²) in [6.45, 7) is 0. The quantitative estimate of drug-likeness (QED) is 0.339. The zero-order valence-corrected chi connectivity index (χ0v) is 16.2. The second kappa shape index (κ2) is 8.83. The van der Waals surface area contributed by atoms with E-state index in [1.54, 1.807) is 30.3 Å². The Morgan fingerprint density at radius 3 is 2.26 bits per heavy atom. The van der Waals surface area contributed by atoms with Crippen molar-refractivity contribution in [3.8, 4) is 11.3 Å². The van der Waals surface area contributed by atoms with Crippen molar-refractivity contribution in [1.29, 1.82) is 0 Å². The van der Waals surface area contributed by atoms with Crippen molar-refractivity contribution in [2.75, 3.05) is 10.6 Å². The van der Waals surface area contributed by atoms with Gasteiger partial charge in [0.15, 0.2) is 0 Å². The van der Waals surface area contributed by atoms with Crippen LogP contribution in [0.2, 0.25) is 0 Å². The van der Waals surface area contributed by atoms with Crippen LogP contribution in [0.3, 0.4) is 0 Å². The summed E-state index contributed by atoms with van der Waals surface area (Å²) in [5.74, 6) is 0.0851. The van der Waals surface area contributed by atoms with E-state index in [9.17, 15) is 14.9 Å². The van der Waals surface area contributed by atoms with Crippen LogP contribution in [-0.4, -0.2) is 20.8 Å². The number of nitrogens with zero attached hydrogens (tertiary/aromatic N) is 3. The molecule has 8 heteroatoms. The minimum atomic E-state index is -0.576. The molecule has 2 N–H and O–H groups in total. The van der Waals surface area contributed by atoms with Gasteiger partial charge in [-0.15, -0.1) is 0 Å². The van der Waals surface area contributed by atoms with Crippen molar-refractivity contribution in [2.45, 2.75) is 0 Å². The Kier molecular flexibility index (Phi) is 5.62. The lowest BCUT2D eigenvalue weighted by molar-refractivity contribution is -0.385. The third-order valence-corrected chi connectivity index (χ3v) is 4.50. The van der Waals surface area contributed by atoms with Gasteiger partial charge in [-0.05, 0) is 30.3 Å². The van der Waals surface area contributed by atoms with Gasteiger partial charge in [0.1, 0.15) is 17.7 Å². The summed E-state index contributed by atoms with van der Waals surface area (Å²) in [5, 5.41) is 17.0. The van der Waals surface area contributed by atoms with Gasteiger partial charge < -0.3 is 10.6 Å². The van der Waals surface area contributed by atoms with Crippen LogP contribution in [-0.2, 0) is 0 Å². The summed E-state index contributed by atoms with van der Waals surface area (Å²) in [5.41, 5.74) is 2.83. The maximum atomic E-state index is 12.4. The highest BCUT2D eigenvalue weighted by Crippen LogP contribution is 2.23. The summed E-state index contributed by atoms with van der Waals surface area (Å²) in [4.78, 5) is 31.5. The maximum Gasteiger partial charge on any atom is 0.282 e. The highest BCUT2D eigenvalue weighted by atomic mass is 16.6. The minimum Gasteiger partial charge on any atom is -0.340 e. The molecule has 1 aromatic heterocycles. The number of nitro benzene ring substituents is 1. The van der Waals surface area contributed by atoms with Crippen LogP contribution in [0.4, 0.5) is 22.9 Å². The third kappa shape index (κ3) is 4.70. The fourth-order valence-corrected chi connectivity index (χ4v) is 3.00. The Hall–Kier alpha value is -4.59. The van der Waals surface area contributed by atoms with E-state index in [0.717, 1.165) is 16.9 Å². The van der Waals surface area contributed by atoms with Crippen molar-refractivity contribution in [3.05, 3.63) is 107 Å². The van der Waals surface area contributed by atoms with Crippen LogP contribution in [0, 0.1) is 10.1 Å². The largest absolute Gasteiger partial charge is 0.340 e. The monoisotopic (exact) mass is 411 g/mol. The van der Waals surface area contributed by atoms with Crippen LogP contribution in [0.1, 0.15) is 10.4 Å². The smallest absolute Gasteiger partial charge is 0.282 e. The molecule has 0 saturated carbocycles. The van der Waals surface area contributed by atoms with Gasteiger partial charge in [0.2, 0.25) is 0 Å². The molecule has 0 spiro atoms. The molecule has 0 aliphatic rings. The summed E-state index contributed by atoms with van der Waals surface area (Å²) < 4.78 is 0. The van der Waals surface area contributed by atoms with Gasteiger partial charge in [0.25, 0.3) is 11.6 Å². The van der Waals surface area contributed by atoms with Crippen LogP contribution < -0.4 is 10.6 Å². The fourth-order valence-electron chi connectivity index (χ4n) is 3.00. The summed E-state index contributed by atoms with van der Waals surface area (Å²) >= 11 is 0. The fraction of sp³-hybridized carbons (Fsp3) is 0. The number of nitrogens with one attached hydrogen (secondary N) is 2. The first kappa shape index (κ1) is 19.7. The molecule has 0 atom stereocenters. The number of carbonyl (C=O) groups excluding carboxylic acids is 1. The van der Waals surface area contributed by atoms with E-state index >= 15 is 0 Å². The minimum absolute atomic E-state index is 0.00382. The Labute approximate surface area is 177 Å². The number of benzene rings is 3. The van der Waals surface area contributed by atoms with Crippen molar-refractivity contribution in [3.63, 3.8) is 0 Å². The van der Waals surface area contributed by atoms with Gasteiger partial charge in [0.05, 0.1) is 10.6 Å². The van der Waals surface area contributed by atoms with E-state index in [4.69, 9.17) is 0 Å². The first-order valence-electron chi connectivity index (χ1n) is 9.39. The number of carbonyl (C=O) groups is 1. The van der Waals surface area contributed by atoms with Gasteiger partial charge in [-0.3, -0.25) is 14.9 Å². The molecule has 1 heterocycles. The van der Waals surface area contributed by atoms with Crippen molar-refractivity contribution >= 4 is 28.8 Å². The molecular formula is C23H17N5O3. The molecule has 0 aliphatic heterocycles. The third-order valence-electron chi connectivity index (χ3n) is 4.50. The molecule has 0 bridgehead atoms. The summed E-state index contributed by atoms with van der Waals surface area (Å²) in [6, 6.07) is 24.4. The number of nitro groups is 1. The highest BCUT2D eigenvalue weighted by Gasteiger charge is 2.19. The first-order chi connectivity index (χ1) is 15.1. The van der Waals surface area contributed by atoms with E-state index in [-0.39, 0.29) is 11.3 Å². The second-order valence-corrected chi connectivity index (χ2v) is 6.59. The molecular weight excluding hydrogens is 394 g/mol. The number of para-hydroxylation sites is 1. The average molecular weight is 411 g/mol. The molecule has 4 aromatic rings. The molecule has 152 valence electrons. The molecule has 31 heavy (non-hydrogen) atoms. The molecule has 8 nitrogen and oxygen atoms in total. The summed E-state index contributed by atoms with van der Waals surface area (Å²) in [7, 11) is 0. The molecule has 0 unspecified atom stereocenters. The maximum absolute atomic E-state index is 12.4. The van der Waals surface area contributed by atoms with E-state index < -0.39 is 10.8 Å². The van der Waals surface area contributed by atoms with Crippen molar-refractivity contribution in [1.82, 2.24) is 9.97 Å². The number of rotatable bonds is 6.